The van der Waals surface area contributed by atoms with Crippen LogP contribution in [0.1, 0.15) is 58.8 Å². The van der Waals surface area contributed by atoms with Gasteiger partial charge in [-0.2, -0.15) is 0 Å². The van der Waals surface area contributed by atoms with Gasteiger partial charge in [0.15, 0.2) is 0 Å². The number of hydrogen-bond donors (Lipinski definition) is 1. The molecule has 2 heteroatoms. The van der Waals surface area contributed by atoms with Crippen molar-refractivity contribution in [3.05, 3.63) is 0 Å². The highest BCUT2D eigenvalue weighted by Crippen LogP contribution is 2.31. The van der Waals surface area contributed by atoms with E-state index in [1.54, 1.807) is 0 Å². The molecular weight excluding hydrogens is 210 g/mol. The molecule has 1 aliphatic rings. The Morgan fingerprint density at radius 3 is 2.35 bits per heavy atom. The van der Waals surface area contributed by atoms with Crippen LogP contribution in [0.25, 0.3) is 0 Å². The van der Waals surface area contributed by atoms with Gasteiger partial charge in [0.2, 0.25) is 0 Å². The summed E-state index contributed by atoms with van der Waals surface area (Å²) < 4.78 is 5.85. The molecule has 1 fully saturated rings. The van der Waals surface area contributed by atoms with E-state index in [0.29, 0.717) is 18.1 Å². The molecule has 0 spiro atoms. The second-order valence-corrected chi connectivity index (χ2v) is 5.68. The minimum Gasteiger partial charge on any atom is -0.380 e. The van der Waals surface area contributed by atoms with E-state index in [-0.39, 0.29) is 0 Å². The maximum atomic E-state index is 5.85. The molecular formula is C15H31NO. The Labute approximate surface area is 108 Å². The third-order valence-electron chi connectivity index (χ3n) is 4.43. The van der Waals surface area contributed by atoms with Crippen LogP contribution in [0.3, 0.4) is 0 Å². The van der Waals surface area contributed by atoms with Gasteiger partial charge in [-0.25, -0.2) is 0 Å². The standard InChI is InChI=1S/C15H31NO/c1-5-9-12(2)14(16-3)15(17-4)13-10-7-6-8-11-13/h12-16H,5-11H2,1-4H3. The fraction of sp³-hybridized carbons (Fsp3) is 1.00. The Morgan fingerprint density at radius 2 is 1.88 bits per heavy atom. The molecule has 0 saturated heterocycles. The van der Waals surface area contributed by atoms with Crippen molar-refractivity contribution in [2.45, 2.75) is 70.9 Å². The lowest BCUT2D eigenvalue weighted by atomic mass is 9.79. The van der Waals surface area contributed by atoms with Gasteiger partial charge < -0.3 is 10.1 Å². The summed E-state index contributed by atoms with van der Waals surface area (Å²) in [5.74, 6) is 1.47. The highest BCUT2D eigenvalue weighted by atomic mass is 16.5. The van der Waals surface area contributed by atoms with E-state index >= 15 is 0 Å². The Morgan fingerprint density at radius 1 is 1.24 bits per heavy atom. The van der Waals surface area contributed by atoms with Crippen LogP contribution >= 0.6 is 0 Å². The van der Waals surface area contributed by atoms with Gasteiger partial charge in [0.05, 0.1) is 6.10 Å². The Bertz CT molecular complexity index is 189. The van der Waals surface area contributed by atoms with Crippen molar-refractivity contribution in [2.75, 3.05) is 14.2 Å². The number of hydrogen-bond acceptors (Lipinski definition) is 2. The Balaban J connectivity index is 2.60. The molecule has 1 aliphatic carbocycles. The predicted molar refractivity (Wildman–Crippen MR) is 74.3 cm³/mol. The van der Waals surface area contributed by atoms with Crippen molar-refractivity contribution in [1.82, 2.24) is 5.32 Å². The van der Waals surface area contributed by atoms with Crippen LogP contribution in [0.2, 0.25) is 0 Å². The lowest BCUT2D eigenvalue weighted by Gasteiger charge is -2.37. The molecule has 1 saturated carbocycles. The molecule has 1 rings (SSSR count). The number of rotatable bonds is 7. The first-order valence-electron chi connectivity index (χ1n) is 7.44. The molecule has 3 unspecified atom stereocenters. The molecule has 0 aromatic carbocycles. The molecule has 0 aromatic heterocycles. The van der Waals surface area contributed by atoms with Gasteiger partial charge >= 0.3 is 0 Å². The van der Waals surface area contributed by atoms with Crippen LogP contribution in [-0.2, 0) is 4.74 Å². The first-order chi connectivity index (χ1) is 8.24. The van der Waals surface area contributed by atoms with Crippen LogP contribution in [0, 0.1) is 11.8 Å². The summed E-state index contributed by atoms with van der Waals surface area (Å²) in [7, 11) is 3.98. The molecule has 0 aromatic rings. The molecule has 3 atom stereocenters. The van der Waals surface area contributed by atoms with Gasteiger partial charge in [-0.05, 0) is 38.1 Å². The van der Waals surface area contributed by atoms with Crippen molar-refractivity contribution in [1.29, 1.82) is 0 Å². The summed E-state index contributed by atoms with van der Waals surface area (Å²) in [6.07, 6.45) is 9.87. The van der Waals surface area contributed by atoms with Gasteiger partial charge in [0.1, 0.15) is 0 Å². The Hall–Kier alpha value is -0.0800. The zero-order chi connectivity index (χ0) is 12.7. The zero-order valence-corrected chi connectivity index (χ0v) is 12.2. The third-order valence-corrected chi connectivity index (χ3v) is 4.43. The van der Waals surface area contributed by atoms with Gasteiger partial charge in [0, 0.05) is 13.2 Å². The second kappa shape index (κ2) is 8.10. The summed E-state index contributed by atoms with van der Waals surface area (Å²) >= 11 is 0. The molecule has 0 radical (unpaired) electrons. The SMILES string of the molecule is CCCC(C)C(NC)C(OC)C1CCCCC1. The van der Waals surface area contributed by atoms with E-state index in [9.17, 15) is 0 Å². The molecule has 0 bridgehead atoms. The summed E-state index contributed by atoms with van der Waals surface area (Å²) in [6, 6.07) is 0.517. The first kappa shape index (κ1) is 15.0. The fourth-order valence-corrected chi connectivity index (χ4v) is 3.50. The molecule has 0 aliphatic heterocycles. The lowest BCUT2D eigenvalue weighted by Crippen LogP contribution is -2.48. The Kier molecular flexibility index (Phi) is 7.14. The number of likely N-dealkylation sites (N-methyl/N-ethyl adjacent to an activating group) is 1. The highest BCUT2D eigenvalue weighted by molar-refractivity contribution is 4.87. The fourth-order valence-electron chi connectivity index (χ4n) is 3.50. The summed E-state index contributed by atoms with van der Waals surface area (Å²) in [5.41, 5.74) is 0. The van der Waals surface area contributed by atoms with E-state index in [2.05, 4.69) is 26.2 Å². The summed E-state index contributed by atoms with van der Waals surface area (Å²) in [5, 5.41) is 3.51. The van der Waals surface area contributed by atoms with E-state index in [1.807, 2.05) is 7.11 Å². The van der Waals surface area contributed by atoms with Crippen molar-refractivity contribution in [3.8, 4) is 0 Å². The maximum absolute atomic E-state index is 5.85. The van der Waals surface area contributed by atoms with Crippen LogP contribution in [0.4, 0.5) is 0 Å². The average molecular weight is 241 g/mol. The van der Waals surface area contributed by atoms with E-state index in [0.717, 1.165) is 5.92 Å². The normalized spacial score (nSPS) is 23.3. The van der Waals surface area contributed by atoms with Crippen molar-refractivity contribution in [2.24, 2.45) is 11.8 Å². The van der Waals surface area contributed by atoms with Crippen molar-refractivity contribution < 1.29 is 4.74 Å². The molecule has 1 N–H and O–H groups in total. The van der Waals surface area contributed by atoms with Crippen LogP contribution in [0.15, 0.2) is 0 Å². The first-order valence-corrected chi connectivity index (χ1v) is 7.44. The predicted octanol–water partition coefficient (Wildman–Crippen LogP) is 3.61. The van der Waals surface area contributed by atoms with E-state index in [4.69, 9.17) is 4.74 Å². The quantitative estimate of drug-likeness (QED) is 0.735. The molecule has 17 heavy (non-hydrogen) atoms. The van der Waals surface area contributed by atoms with Crippen molar-refractivity contribution in [3.63, 3.8) is 0 Å². The summed E-state index contributed by atoms with van der Waals surface area (Å²) in [4.78, 5) is 0. The maximum Gasteiger partial charge on any atom is 0.0754 e. The zero-order valence-electron chi connectivity index (χ0n) is 12.2. The highest BCUT2D eigenvalue weighted by Gasteiger charge is 2.32. The molecule has 102 valence electrons. The van der Waals surface area contributed by atoms with Gasteiger partial charge in [-0.1, -0.05) is 39.5 Å². The number of methoxy groups -OCH3 is 1. The minimum absolute atomic E-state index is 0.404. The minimum atomic E-state index is 0.404. The second-order valence-electron chi connectivity index (χ2n) is 5.68. The van der Waals surface area contributed by atoms with Crippen molar-refractivity contribution >= 4 is 0 Å². The van der Waals surface area contributed by atoms with Gasteiger partial charge in [-0.15, -0.1) is 0 Å². The molecule has 2 nitrogen and oxygen atoms in total. The number of nitrogens with one attached hydrogen (secondary N) is 1. The van der Waals surface area contributed by atoms with Crippen LogP contribution < -0.4 is 5.32 Å². The van der Waals surface area contributed by atoms with Gasteiger partial charge in [0.25, 0.3) is 0 Å². The summed E-state index contributed by atoms with van der Waals surface area (Å²) in [6.45, 7) is 4.63. The van der Waals surface area contributed by atoms with E-state index in [1.165, 1.54) is 44.9 Å². The third kappa shape index (κ3) is 4.26. The molecule has 0 heterocycles. The van der Waals surface area contributed by atoms with Gasteiger partial charge in [-0.3, -0.25) is 0 Å². The topological polar surface area (TPSA) is 21.3 Å². The lowest BCUT2D eigenvalue weighted by molar-refractivity contribution is -0.00471. The van der Waals surface area contributed by atoms with E-state index < -0.39 is 0 Å². The average Bonchev–Trinajstić information content (AvgIpc) is 2.37. The monoisotopic (exact) mass is 241 g/mol. The number of ether oxygens (including phenoxy) is 1. The molecule has 0 amide bonds. The smallest absolute Gasteiger partial charge is 0.0754 e. The van der Waals surface area contributed by atoms with Crippen LogP contribution in [-0.4, -0.2) is 26.3 Å². The largest absolute Gasteiger partial charge is 0.380 e. The van der Waals surface area contributed by atoms with Crippen LogP contribution in [0.5, 0.6) is 0 Å².